The fourth-order valence-corrected chi connectivity index (χ4v) is 0.365. The molecule has 0 fully saturated rings. The van der Waals surface area contributed by atoms with E-state index in [4.69, 9.17) is 6.58 Å². The van der Waals surface area contributed by atoms with E-state index >= 15 is 0 Å². The Morgan fingerprint density at radius 1 is 1.78 bits per heavy atom. The molecule has 0 N–H and O–H groups in total. The lowest BCUT2D eigenvalue weighted by molar-refractivity contribution is -0.125. The summed E-state index contributed by atoms with van der Waals surface area (Å²) in [5, 5.41) is 0. The van der Waals surface area contributed by atoms with Crippen molar-refractivity contribution in [3.8, 4) is 0 Å². The monoisotopic (exact) mass is 125 g/mol. The lowest BCUT2D eigenvalue weighted by Crippen LogP contribution is -1.86. The van der Waals surface area contributed by atoms with Crippen molar-refractivity contribution in [3.05, 3.63) is 25.0 Å². The highest BCUT2D eigenvalue weighted by Gasteiger charge is 1.89. The van der Waals surface area contributed by atoms with Crippen LogP contribution in [0.15, 0.2) is 18.4 Å². The van der Waals surface area contributed by atoms with Crippen molar-refractivity contribution in [2.24, 2.45) is 0 Å². The summed E-state index contributed by atoms with van der Waals surface area (Å²) >= 11 is 0. The Balaban J connectivity index is 3.26. The lowest BCUT2D eigenvalue weighted by atomic mass is 10.3. The Morgan fingerprint density at radius 3 is 2.89 bits per heavy atom. The number of hydrogen-bond acceptors (Lipinski definition) is 2. The van der Waals surface area contributed by atoms with Gasteiger partial charge >= 0.3 is 0 Å². The van der Waals surface area contributed by atoms with Crippen LogP contribution in [-0.2, 0) is 9.53 Å². The van der Waals surface area contributed by atoms with Crippen LogP contribution in [0, 0.1) is 6.58 Å². The molecule has 0 aliphatic rings. The summed E-state index contributed by atoms with van der Waals surface area (Å²) in [6.07, 6.45) is 3.00. The molecule has 1 radical (unpaired) electrons. The molecule has 0 spiro atoms. The van der Waals surface area contributed by atoms with E-state index in [1.807, 2.05) is 0 Å². The molecule has 0 bridgehead atoms. The molecule has 0 rings (SSSR count). The van der Waals surface area contributed by atoms with E-state index < -0.39 is 0 Å². The Morgan fingerprint density at radius 2 is 2.44 bits per heavy atom. The van der Waals surface area contributed by atoms with Crippen LogP contribution < -0.4 is 0 Å². The van der Waals surface area contributed by atoms with Gasteiger partial charge in [-0.25, -0.2) is 0 Å². The second-order valence-electron chi connectivity index (χ2n) is 1.51. The van der Waals surface area contributed by atoms with Crippen LogP contribution >= 0.6 is 0 Å². The maximum atomic E-state index is 9.63. The van der Waals surface area contributed by atoms with Gasteiger partial charge < -0.3 is 4.74 Å². The third kappa shape index (κ3) is 4.81. The predicted molar refractivity (Wildman–Crippen MR) is 34.4 cm³/mol. The highest BCUT2D eigenvalue weighted by atomic mass is 16.5. The summed E-state index contributed by atoms with van der Waals surface area (Å²) < 4.78 is 4.31. The van der Waals surface area contributed by atoms with Gasteiger partial charge in [0.15, 0.2) is 0 Å². The molecule has 0 unspecified atom stereocenters. The van der Waals surface area contributed by atoms with Gasteiger partial charge in [-0.05, 0) is 13.0 Å². The minimum atomic E-state index is 0.241. The van der Waals surface area contributed by atoms with Crippen LogP contribution in [0.1, 0.15) is 12.8 Å². The summed E-state index contributed by atoms with van der Waals surface area (Å²) in [5.74, 6) is 0.241. The van der Waals surface area contributed by atoms with Crippen molar-refractivity contribution in [1.82, 2.24) is 0 Å². The summed E-state index contributed by atoms with van der Waals surface area (Å²) in [5.41, 5.74) is 0. The first kappa shape index (κ1) is 7.95. The van der Waals surface area contributed by atoms with Gasteiger partial charge in [-0.1, -0.05) is 6.08 Å². The summed E-state index contributed by atoms with van der Waals surface area (Å²) in [6, 6.07) is 0. The molecule has 9 heavy (non-hydrogen) atoms. The van der Waals surface area contributed by atoms with Crippen LogP contribution in [-0.4, -0.2) is 6.47 Å². The first-order valence-corrected chi connectivity index (χ1v) is 2.63. The molecule has 49 valence electrons. The maximum absolute atomic E-state index is 9.63. The standard InChI is InChI=1S/C7H9O2/c1-3-4-5-7(2)9-6-8/h2-3,6H,1,4-5H2. The van der Waals surface area contributed by atoms with Gasteiger partial charge in [0, 0.05) is 6.42 Å². The molecule has 2 heteroatoms. The Hall–Kier alpha value is -1.05. The topological polar surface area (TPSA) is 26.3 Å². The zero-order valence-electron chi connectivity index (χ0n) is 5.17. The van der Waals surface area contributed by atoms with E-state index in [-0.39, 0.29) is 5.76 Å². The number of carbonyl (C=O) groups is 1. The van der Waals surface area contributed by atoms with Crippen LogP contribution in [0.25, 0.3) is 0 Å². The molecule has 0 heterocycles. The molecule has 0 aliphatic heterocycles. The highest BCUT2D eigenvalue weighted by Crippen LogP contribution is 2.01. The molecular formula is C7H9O2. The molecular weight excluding hydrogens is 116 g/mol. The van der Waals surface area contributed by atoms with Gasteiger partial charge in [0.1, 0.15) is 5.76 Å². The average molecular weight is 125 g/mol. The molecule has 0 aliphatic carbocycles. The number of ether oxygens (including phenoxy) is 1. The van der Waals surface area contributed by atoms with Crippen molar-refractivity contribution >= 4 is 6.47 Å². The number of allylic oxidation sites excluding steroid dienone is 2. The summed E-state index contributed by atoms with van der Waals surface area (Å²) in [6.45, 7) is 8.98. The smallest absolute Gasteiger partial charge is 0.298 e. The third-order valence-corrected chi connectivity index (χ3v) is 0.794. The molecule has 0 saturated carbocycles. The first-order chi connectivity index (χ1) is 4.31. The van der Waals surface area contributed by atoms with Crippen molar-refractivity contribution in [3.63, 3.8) is 0 Å². The second-order valence-corrected chi connectivity index (χ2v) is 1.51. The van der Waals surface area contributed by atoms with Gasteiger partial charge in [0.25, 0.3) is 6.47 Å². The molecule has 0 atom stereocenters. The molecule has 0 amide bonds. The van der Waals surface area contributed by atoms with Gasteiger partial charge in [-0.15, -0.1) is 6.58 Å². The fraction of sp³-hybridized carbons (Fsp3) is 0.286. The van der Waals surface area contributed by atoms with E-state index in [2.05, 4.69) is 11.3 Å². The Kier molecular flexibility index (Phi) is 4.50. The molecule has 0 aromatic carbocycles. The zero-order chi connectivity index (χ0) is 7.11. The first-order valence-electron chi connectivity index (χ1n) is 2.63. The normalized spacial score (nSPS) is 8.00. The van der Waals surface area contributed by atoms with E-state index in [0.717, 1.165) is 6.42 Å². The lowest BCUT2D eigenvalue weighted by Gasteiger charge is -1.96. The summed E-state index contributed by atoms with van der Waals surface area (Å²) in [4.78, 5) is 9.63. The molecule has 0 aromatic heterocycles. The van der Waals surface area contributed by atoms with Crippen LogP contribution in [0.3, 0.4) is 0 Å². The van der Waals surface area contributed by atoms with Gasteiger partial charge in [-0.3, -0.25) is 4.79 Å². The van der Waals surface area contributed by atoms with Crippen molar-refractivity contribution in [1.29, 1.82) is 0 Å². The van der Waals surface area contributed by atoms with E-state index in [1.54, 1.807) is 6.08 Å². The third-order valence-electron chi connectivity index (χ3n) is 0.794. The van der Waals surface area contributed by atoms with E-state index in [9.17, 15) is 4.79 Å². The average Bonchev–Trinajstić information content (AvgIpc) is 1.85. The largest absolute Gasteiger partial charge is 0.433 e. The van der Waals surface area contributed by atoms with Gasteiger partial charge in [0.05, 0.1) is 0 Å². The maximum Gasteiger partial charge on any atom is 0.298 e. The Labute approximate surface area is 54.8 Å². The minimum Gasteiger partial charge on any atom is -0.433 e. The van der Waals surface area contributed by atoms with Crippen LogP contribution in [0.2, 0.25) is 0 Å². The van der Waals surface area contributed by atoms with E-state index in [1.165, 1.54) is 0 Å². The fourth-order valence-electron chi connectivity index (χ4n) is 0.365. The molecule has 0 saturated heterocycles. The predicted octanol–water partition coefficient (Wildman–Crippen LogP) is 1.44. The van der Waals surface area contributed by atoms with Gasteiger partial charge in [-0.2, -0.15) is 0 Å². The number of hydrogen-bond donors (Lipinski definition) is 0. The molecule has 0 aromatic rings. The zero-order valence-corrected chi connectivity index (χ0v) is 5.17. The number of carbonyl (C=O) groups excluding carboxylic acids is 1. The minimum absolute atomic E-state index is 0.241. The Bertz CT molecular complexity index is 116. The van der Waals surface area contributed by atoms with Gasteiger partial charge in [0.2, 0.25) is 0 Å². The van der Waals surface area contributed by atoms with Crippen LogP contribution in [0.4, 0.5) is 0 Å². The highest BCUT2D eigenvalue weighted by molar-refractivity contribution is 5.39. The molecule has 2 nitrogen and oxygen atoms in total. The second kappa shape index (κ2) is 5.09. The quantitative estimate of drug-likeness (QED) is 0.316. The SMILES string of the molecule is [CH]=C(CCC=C)OC=O. The van der Waals surface area contributed by atoms with Crippen molar-refractivity contribution < 1.29 is 9.53 Å². The van der Waals surface area contributed by atoms with E-state index in [0.29, 0.717) is 12.9 Å². The van der Waals surface area contributed by atoms with Crippen molar-refractivity contribution in [2.45, 2.75) is 12.8 Å². The summed E-state index contributed by atoms with van der Waals surface area (Å²) in [7, 11) is 0. The number of rotatable bonds is 5. The van der Waals surface area contributed by atoms with Crippen molar-refractivity contribution in [2.75, 3.05) is 0 Å². The van der Waals surface area contributed by atoms with Crippen LogP contribution in [0.5, 0.6) is 0 Å².